The second kappa shape index (κ2) is 12.5. The van der Waals surface area contributed by atoms with Crippen molar-refractivity contribution in [1.82, 2.24) is 0 Å². The van der Waals surface area contributed by atoms with Crippen LogP contribution < -0.4 is 5.30 Å². The normalized spacial score (nSPS) is 17.6. The van der Waals surface area contributed by atoms with E-state index in [1.807, 2.05) is 0 Å². The van der Waals surface area contributed by atoms with E-state index in [2.05, 4.69) is 95.3 Å². The van der Waals surface area contributed by atoms with E-state index in [4.69, 9.17) is 0 Å². The fourth-order valence-corrected chi connectivity index (χ4v) is 11.5. The van der Waals surface area contributed by atoms with Gasteiger partial charge in [0, 0.05) is 0 Å². The molecule has 0 amide bonds. The molecule has 0 aromatic heterocycles. The van der Waals surface area contributed by atoms with E-state index >= 15 is 0 Å². The van der Waals surface area contributed by atoms with Crippen LogP contribution in [0.4, 0.5) is 0 Å². The summed E-state index contributed by atoms with van der Waals surface area (Å²) in [4.78, 5) is 0. The van der Waals surface area contributed by atoms with Crippen molar-refractivity contribution >= 4 is 13.2 Å². The van der Waals surface area contributed by atoms with Crippen molar-refractivity contribution in [3.63, 3.8) is 0 Å². The van der Waals surface area contributed by atoms with Gasteiger partial charge in [-0.3, -0.25) is 0 Å². The monoisotopic (exact) mass is 524 g/mol. The van der Waals surface area contributed by atoms with Gasteiger partial charge in [-0.05, 0) is 100 Å². The van der Waals surface area contributed by atoms with Gasteiger partial charge in [0.1, 0.15) is 0 Å². The topological polar surface area (TPSA) is 0 Å². The molecule has 0 saturated heterocycles. The van der Waals surface area contributed by atoms with Crippen LogP contribution >= 0.6 is 7.92 Å². The number of hydrogen-bond acceptors (Lipinski definition) is 0. The maximum atomic E-state index is 2.56. The molecule has 3 aromatic carbocycles. The first-order valence-electron chi connectivity index (χ1n) is 15.6. The largest absolute Gasteiger partial charge is 0.0683 e. The second-order valence-electron chi connectivity index (χ2n) is 12.6. The third kappa shape index (κ3) is 5.68. The molecule has 0 N–H and O–H groups in total. The van der Waals surface area contributed by atoms with Crippen LogP contribution in [0.3, 0.4) is 0 Å². The molecule has 2 saturated carbocycles. The van der Waals surface area contributed by atoms with Crippen molar-refractivity contribution in [2.45, 2.75) is 122 Å². The molecule has 202 valence electrons. The lowest BCUT2D eigenvalue weighted by Crippen LogP contribution is -2.27. The highest BCUT2D eigenvalue weighted by atomic mass is 31.1. The van der Waals surface area contributed by atoms with Crippen LogP contribution in [-0.2, 0) is 0 Å². The summed E-state index contributed by atoms with van der Waals surface area (Å²) in [5.41, 5.74) is 12.3. The highest BCUT2D eigenvalue weighted by Crippen LogP contribution is 2.57. The maximum Gasteiger partial charge on any atom is -0.0101 e. The lowest BCUT2D eigenvalue weighted by atomic mass is 9.78. The molecule has 3 aromatic rings. The predicted octanol–water partition coefficient (Wildman–Crippen LogP) is 11.3. The first-order chi connectivity index (χ1) is 18.5. The Morgan fingerprint density at radius 2 is 1.18 bits per heavy atom. The molecule has 0 heterocycles. The summed E-state index contributed by atoms with van der Waals surface area (Å²) in [5, 5.41) is 1.72. The Kier molecular flexibility index (Phi) is 9.10. The van der Waals surface area contributed by atoms with Crippen molar-refractivity contribution in [2.75, 3.05) is 0 Å². The molecule has 0 atom stereocenters. The van der Waals surface area contributed by atoms with Gasteiger partial charge < -0.3 is 0 Å². The van der Waals surface area contributed by atoms with Gasteiger partial charge in [-0.25, -0.2) is 0 Å². The van der Waals surface area contributed by atoms with E-state index in [1.165, 1.54) is 92.0 Å². The Morgan fingerprint density at radius 3 is 1.74 bits per heavy atom. The maximum absolute atomic E-state index is 2.56. The average Bonchev–Trinajstić information content (AvgIpc) is 2.94. The van der Waals surface area contributed by atoms with Gasteiger partial charge in [0.25, 0.3) is 0 Å². The van der Waals surface area contributed by atoms with E-state index in [9.17, 15) is 0 Å². The average molecular weight is 525 g/mol. The number of hydrogen-bond donors (Lipinski definition) is 0. The summed E-state index contributed by atoms with van der Waals surface area (Å²) >= 11 is 0. The first kappa shape index (κ1) is 27.6. The van der Waals surface area contributed by atoms with E-state index in [1.54, 1.807) is 16.4 Å². The van der Waals surface area contributed by atoms with Crippen LogP contribution in [0.1, 0.15) is 120 Å². The minimum Gasteiger partial charge on any atom is -0.0683 e. The van der Waals surface area contributed by atoms with E-state index in [0.29, 0.717) is 11.8 Å². The molecule has 2 aliphatic carbocycles. The van der Waals surface area contributed by atoms with E-state index in [-0.39, 0.29) is 7.92 Å². The van der Waals surface area contributed by atoms with Gasteiger partial charge >= 0.3 is 0 Å². The molecule has 0 aliphatic heterocycles. The minimum atomic E-state index is -0.165. The summed E-state index contributed by atoms with van der Waals surface area (Å²) in [7, 11) is -0.165. The SMILES string of the molecule is Cc1cc(C(C)C)c(-c2ccccc2)c(C(C)C)c1-c1ccccc1P(C1CCCCC1)C1CCCCC1. The van der Waals surface area contributed by atoms with Gasteiger partial charge in [0.2, 0.25) is 0 Å². The number of aryl methyl sites for hydroxylation is 1. The zero-order valence-corrected chi connectivity index (χ0v) is 25.5. The number of rotatable bonds is 7. The Hall–Kier alpha value is -1.91. The fourth-order valence-electron chi connectivity index (χ4n) is 7.51. The van der Waals surface area contributed by atoms with E-state index in [0.717, 1.165) is 11.3 Å². The molecule has 5 rings (SSSR count). The first-order valence-corrected chi connectivity index (χ1v) is 17.1. The van der Waals surface area contributed by atoms with Crippen LogP contribution in [0, 0.1) is 6.92 Å². The molecule has 2 fully saturated rings. The molecule has 1 heteroatoms. The standard InChI is InChI=1S/C37H49P/c1-26(2)33-25-28(5)36(35(27(3)4)37(33)29-17-9-6-10-18-29)32-23-15-16-24-34(32)38(30-19-11-7-12-20-30)31-21-13-8-14-22-31/h6,9-10,15-18,23-27,30-31H,7-8,11-14,19-22H2,1-5H3. The van der Waals surface area contributed by atoms with Crippen molar-refractivity contribution in [1.29, 1.82) is 0 Å². The lowest BCUT2D eigenvalue weighted by Gasteiger charge is -2.40. The zero-order chi connectivity index (χ0) is 26.6. The van der Waals surface area contributed by atoms with Crippen LogP contribution in [0.2, 0.25) is 0 Å². The highest BCUT2D eigenvalue weighted by molar-refractivity contribution is 7.67. The summed E-state index contributed by atoms with van der Waals surface area (Å²) in [6.45, 7) is 12.0. The zero-order valence-electron chi connectivity index (χ0n) is 24.6. The van der Waals surface area contributed by atoms with Crippen molar-refractivity contribution < 1.29 is 0 Å². The smallest absolute Gasteiger partial charge is 0.0101 e. The van der Waals surface area contributed by atoms with Crippen LogP contribution in [-0.4, -0.2) is 11.3 Å². The third-order valence-corrected chi connectivity index (χ3v) is 12.8. The number of benzene rings is 3. The Balaban J connectivity index is 1.75. The predicted molar refractivity (Wildman–Crippen MR) is 171 cm³/mol. The fraction of sp³-hybridized carbons (Fsp3) is 0.514. The molecule has 38 heavy (non-hydrogen) atoms. The molecule has 0 nitrogen and oxygen atoms in total. The Labute approximate surface area is 234 Å². The summed E-state index contributed by atoms with van der Waals surface area (Å²) in [5.74, 6) is 0.952. The molecular weight excluding hydrogens is 475 g/mol. The van der Waals surface area contributed by atoms with Crippen molar-refractivity contribution in [3.05, 3.63) is 77.4 Å². The second-order valence-corrected chi connectivity index (χ2v) is 15.4. The van der Waals surface area contributed by atoms with Crippen LogP contribution in [0.15, 0.2) is 60.7 Å². The summed E-state index contributed by atoms with van der Waals surface area (Å²) in [6, 6.07) is 23.5. The Bertz CT molecular complexity index is 1170. The lowest BCUT2D eigenvalue weighted by molar-refractivity contribution is 0.487. The quantitative estimate of drug-likeness (QED) is 0.270. The molecule has 0 spiro atoms. The van der Waals surface area contributed by atoms with Gasteiger partial charge in [-0.1, -0.05) is 135 Å². The molecule has 0 bridgehead atoms. The summed E-state index contributed by atoms with van der Waals surface area (Å²) < 4.78 is 0. The summed E-state index contributed by atoms with van der Waals surface area (Å²) in [6.07, 6.45) is 14.5. The minimum absolute atomic E-state index is 0.165. The van der Waals surface area contributed by atoms with Gasteiger partial charge in [-0.15, -0.1) is 0 Å². The Morgan fingerprint density at radius 1 is 0.632 bits per heavy atom. The molecule has 2 aliphatic rings. The van der Waals surface area contributed by atoms with E-state index < -0.39 is 0 Å². The molecule has 0 radical (unpaired) electrons. The highest BCUT2D eigenvalue weighted by Gasteiger charge is 2.34. The van der Waals surface area contributed by atoms with Crippen molar-refractivity contribution in [2.24, 2.45) is 0 Å². The van der Waals surface area contributed by atoms with Gasteiger partial charge in [0.05, 0.1) is 0 Å². The molecular formula is C37H49P. The van der Waals surface area contributed by atoms with Crippen LogP contribution in [0.25, 0.3) is 22.3 Å². The van der Waals surface area contributed by atoms with Crippen molar-refractivity contribution in [3.8, 4) is 22.3 Å². The van der Waals surface area contributed by atoms with Gasteiger partial charge in [-0.2, -0.15) is 0 Å². The molecule has 0 unspecified atom stereocenters. The third-order valence-electron chi connectivity index (χ3n) is 9.24. The van der Waals surface area contributed by atoms with Crippen LogP contribution in [0.5, 0.6) is 0 Å². The van der Waals surface area contributed by atoms with Gasteiger partial charge in [0.15, 0.2) is 0 Å².